The highest BCUT2D eigenvalue weighted by Gasteiger charge is 2.60. The van der Waals surface area contributed by atoms with Crippen LogP contribution < -0.4 is 4.57 Å². The van der Waals surface area contributed by atoms with Gasteiger partial charge >= 0.3 is 0 Å². The molecule has 4 nitrogen and oxygen atoms in total. The Morgan fingerprint density at radius 3 is 2.41 bits per heavy atom. The molecular formula is C23H20N3O+. The van der Waals surface area contributed by atoms with Gasteiger partial charge in [-0.2, -0.15) is 4.57 Å². The molecule has 5 heterocycles. The van der Waals surface area contributed by atoms with Gasteiger partial charge in [0, 0.05) is 59.9 Å². The molecule has 1 aromatic carbocycles. The van der Waals surface area contributed by atoms with Crippen LogP contribution >= 0.6 is 0 Å². The number of phenols is 1. The Balaban J connectivity index is 1.75. The van der Waals surface area contributed by atoms with E-state index in [4.69, 9.17) is 0 Å². The molecular weight excluding hydrogens is 334 g/mol. The number of benzene rings is 1. The Kier molecular flexibility index (Phi) is 2.82. The summed E-state index contributed by atoms with van der Waals surface area (Å²) in [7, 11) is 0. The van der Waals surface area contributed by atoms with Crippen LogP contribution in [0.2, 0.25) is 0 Å². The van der Waals surface area contributed by atoms with Crippen LogP contribution in [0.4, 0.5) is 0 Å². The Hall–Kier alpha value is -3.27. The average Bonchev–Trinajstić information content (AvgIpc) is 3.43. The zero-order valence-corrected chi connectivity index (χ0v) is 14.8. The summed E-state index contributed by atoms with van der Waals surface area (Å²) in [4.78, 5) is 6.51. The van der Waals surface area contributed by atoms with E-state index in [0.717, 1.165) is 12.0 Å². The minimum atomic E-state index is -0.224. The Bertz CT molecular complexity index is 1090. The lowest BCUT2D eigenvalue weighted by atomic mass is 9.54. The van der Waals surface area contributed by atoms with E-state index in [9.17, 15) is 5.11 Å². The summed E-state index contributed by atoms with van der Waals surface area (Å²) in [5, 5.41) is 10.9. The Morgan fingerprint density at radius 2 is 1.70 bits per heavy atom. The van der Waals surface area contributed by atoms with Gasteiger partial charge in [-0.25, -0.2) is 0 Å². The van der Waals surface area contributed by atoms with Crippen molar-refractivity contribution >= 4 is 0 Å². The fourth-order valence-corrected chi connectivity index (χ4v) is 5.54. The summed E-state index contributed by atoms with van der Waals surface area (Å²) < 4.78 is 2.39. The number of aromatic hydroxyl groups is 1. The van der Waals surface area contributed by atoms with Gasteiger partial charge in [0.1, 0.15) is 5.75 Å². The number of hydrogen-bond acceptors (Lipinski definition) is 1. The van der Waals surface area contributed by atoms with Crippen LogP contribution in [0.5, 0.6) is 5.75 Å². The van der Waals surface area contributed by atoms with Crippen molar-refractivity contribution in [1.29, 1.82) is 0 Å². The third-order valence-electron chi connectivity index (χ3n) is 6.55. The number of pyridine rings is 1. The molecule has 4 aromatic rings. The first-order valence-electron chi connectivity index (χ1n) is 9.39. The Morgan fingerprint density at radius 1 is 0.926 bits per heavy atom. The fourth-order valence-electron chi connectivity index (χ4n) is 5.54. The highest BCUT2D eigenvalue weighted by molar-refractivity contribution is 5.58. The van der Waals surface area contributed by atoms with Gasteiger partial charge in [-0.1, -0.05) is 18.2 Å². The van der Waals surface area contributed by atoms with Crippen molar-refractivity contribution in [2.75, 3.05) is 0 Å². The van der Waals surface area contributed by atoms with E-state index in [2.05, 4.69) is 69.5 Å². The molecule has 3 aliphatic rings. The molecule has 0 spiro atoms. The summed E-state index contributed by atoms with van der Waals surface area (Å²) in [6, 6.07) is 16.9. The van der Waals surface area contributed by atoms with Crippen molar-refractivity contribution in [1.82, 2.24) is 9.97 Å². The number of fused-ring (bicyclic) bond motifs is 1. The summed E-state index contributed by atoms with van der Waals surface area (Å²) in [5.41, 5.74) is 5.87. The first kappa shape index (κ1) is 14.9. The normalized spacial score (nSPS) is 21.6. The highest BCUT2D eigenvalue weighted by Crippen LogP contribution is 2.60. The van der Waals surface area contributed by atoms with Crippen molar-refractivity contribution in [3.8, 4) is 5.75 Å². The number of rotatable bonds is 2. The standard InChI is InChI=1S/C23H19N3O/c27-20-6-3-4-17-19-12-23(15-7-9-24-13-15,16-8-10-25-14-16)22(21(17)20)18-5-1-2-11-26(18)19/h1-11,13-14,19,22,24-25H,12H2/p+1. The average molecular weight is 354 g/mol. The van der Waals surface area contributed by atoms with Crippen LogP contribution in [0.1, 0.15) is 46.3 Å². The second-order valence-electron chi connectivity index (χ2n) is 7.64. The maximum absolute atomic E-state index is 10.9. The molecule has 0 amide bonds. The predicted molar refractivity (Wildman–Crippen MR) is 102 cm³/mol. The summed E-state index contributed by atoms with van der Waals surface area (Å²) in [6.45, 7) is 0. The van der Waals surface area contributed by atoms with Gasteiger partial charge in [0.2, 0.25) is 0 Å². The first-order valence-corrected chi connectivity index (χ1v) is 9.39. The molecule has 27 heavy (non-hydrogen) atoms. The third-order valence-corrected chi connectivity index (χ3v) is 6.55. The van der Waals surface area contributed by atoms with E-state index < -0.39 is 0 Å². The number of nitrogens with one attached hydrogen (secondary N) is 2. The zero-order chi connectivity index (χ0) is 18.0. The lowest BCUT2D eigenvalue weighted by molar-refractivity contribution is -0.732. The van der Waals surface area contributed by atoms with E-state index >= 15 is 0 Å². The first-order chi connectivity index (χ1) is 13.3. The molecule has 132 valence electrons. The number of hydrogen-bond donors (Lipinski definition) is 3. The second-order valence-corrected chi connectivity index (χ2v) is 7.64. The van der Waals surface area contributed by atoms with Crippen molar-refractivity contribution in [3.05, 3.63) is 107 Å². The molecule has 2 aliphatic heterocycles. The largest absolute Gasteiger partial charge is 0.508 e. The maximum Gasteiger partial charge on any atom is 0.190 e. The van der Waals surface area contributed by atoms with Crippen molar-refractivity contribution in [3.63, 3.8) is 0 Å². The monoisotopic (exact) mass is 354 g/mol. The van der Waals surface area contributed by atoms with Crippen LogP contribution in [-0.4, -0.2) is 15.1 Å². The summed E-state index contributed by atoms with van der Waals surface area (Å²) in [6.07, 6.45) is 11.4. The quantitative estimate of drug-likeness (QED) is 0.472. The number of H-pyrrole nitrogens is 2. The molecule has 2 bridgehead atoms. The summed E-state index contributed by atoms with van der Waals surface area (Å²) in [5.74, 6) is 0.444. The predicted octanol–water partition coefficient (Wildman–Crippen LogP) is 3.76. The van der Waals surface area contributed by atoms with Gasteiger partial charge < -0.3 is 15.1 Å². The maximum atomic E-state index is 10.9. The fraction of sp³-hybridized carbons (Fsp3) is 0.174. The van der Waals surface area contributed by atoms with Gasteiger partial charge in [0.15, 0.2) is 17.9 Å². The minimum Gasteiger partial charge on any atom is -0.508 e. The van der Waals surface area contributed by atoms with Gasteiger partial charge in [0.25, 0.3) is 0 Å². The Labute approximate surface area is 157 Å². The number of phenolic OH excluding ortho intramolecular Hbond substituents is 1. The van der Waals surface area contributed by atoms with Gasteiger partial charge in [-0.15, -0.1) is 0 Å². The number of nitrogens with zero attached hydrogens (tertiary/aromatic N) is 1. The van der Waals surface area contributed by atoms with Crippen LogP contribution in [0.25, 0.3) is 0 Å². The van der Waals surface area contributed by atoms with Crippen molar-refractivity contribution in [2.45, 2.75) is 23.8 Å². The molecule has 2 atom stereocenters. The SMILES string of the molecule is Oc1cccc2c1C1c3cccc[n+]3C2CC1(c1cc[nH]c1)c1cc[nH]c1. The molecule has 0 fully saturated rings. The van der Waals surface area contributed by atoms with Crippen molar-refractivity contribution < 1.29 is 9.67 Å². The van der Waals surface area contributed by atoms with Gasteiger partial charge in [-0.05, 0) is 29.3 Å². The minimum absolute atomic E-state index is 0.0477. The molecule has 4 heteroatoms. The van der Waals surface area contributed by atoms with Crippen LogP contribution in [-0.2, 0) is 5.41 Å². The van der Waals surface area contributed by atoms with Crippen molar-refractivity contribution in [2.24, 2.45) is 0 Å². The molecule has 3 N–H and O–H groups in total. The van der Waals surface area contributed by atoms with Crippen LogP contribution in [0.15, 0.2) is 79.5 Å². The molecule has 2 unspecified atom stereocenters. The lowest BCUT2D eigenvalue weighted by Gasteiger charge is -2.49. The van der Waals surface area contributed by atoms with E-state index in [0.29, 0.717) is 5.75 Å². The van der Waals surface area contributed by atoms with Gasteiger partial charge in [-0.3, -0.25) is 0 Å². The zero-order valence-electron chi connectivity index (χ0n) is 14.8. The van der Waals surface area contributed by atoms with E-state index in [1.165, 1.54) is 22.4 Å². The van der Waals surface area contributed by atoms with E-state index in [1.807, 2.05) is 24.5 Å². The van der Waals surface area contributed by atoms with E-state index in [1.54, 1.807) is 0 Å². The van der Waals surface area contributed by atoms with Crippen LogP contribution in [0.3, 0.4) is 0 Å². The molecule has 0 saturated heterocycles. The topological polar surface area (TPSA) is 55.7 Å². The smallest absolute Gasteiger partial charge is 0.190 e. The van der Waals surface area contributed by atoms with E-state index in [-0.39, 0.29) is 17.4 Å². The highest BCUT2D eigenvalue weighted by atomic mass is 16.3. The molecule has 0 saturated carbocycles. The molecule has 7 rings (SSSR count). The lowest BCUT2D eigenvalue weighted by Crippen LogP contribution is -2.59. The number of aromatic nitrogens is 3. The summed E-state index contributed by atoms with van der Waals surface area (Å²) >= 11 is 0. The van der Waals surface area contributed by atoms with Crippen LogP contribution in [0, 0.1) is 0 Å². The molecule has 1 aliphatic carbocycles. The molecule has 0 radical (unpaired) electrons. The third kappa shape index (κ3) is 1.75. The number of aromatic amines is 2. The van der Waals surface area contributed by atoms with Gasteiger partial charge in [0.05, 0.1) is 5.92 Å². The molecule has 3 aromatic heterocycles. The second kappa shape index (κ2) is 5.13.